The second-order valence-electron chi connectivity index (χ2n) is 7.64. The molecular weight excluding hydrogens is 524 g/mol. The van der Waals surface area contributed by atoms with Crippen LogP contribution in [0.4, 0.5) is 0 Å². The smallest absolute Gasteiger partial charge is 0.0378 e. The molecule has 1 heterocycles. The number of halogens is 2. The molecule has 6 rings (SSSR count). The second kappa shape index (κ2) is 12.8. The molecule has 6 aromatic rings. The van der Waals surface area contributed by atoms with E-state index in [2.05, 4.69) is 103 Å². The Hall–Kier alpha value is -2.25. The molecule has 0 N–H and O–H groups in total. The van der Waals surface area contributed by atoms with E-state index in [4.69, 9.17) is 0 Å². The summed E-state index contributed by atoms with van der Waals surface area (Å²) in [6.45, 7) is 4.25. The Kier molecular flexibility index (Phi) is 10.5. The van der Waals surface area contributed by atoms with Crippen molar-refractivity contribution in [3.63, 3.8) is 0 Å². The van der Waals surface area contributed by atoms with E-state index in [0.717, 1.165) is 0 Å². The molecule has 1 aromatic heterocycles. The van der Waals surface area contributed by atoms with Gasteiger partial charge in [0.1, 0.15) is 0 Å². The van der Waals surface area contributed by atoms with Crippen molar-refractivity contribution in [1.29, 1.82) is 0 Å². The van der Waals surface area contributed by atoms with Gasteiger partial charge in [0, 0.05) is 11.2 Å². The number of nitrogens with zero attached hydrogens (tertiary/aromatic N) is 1. The summed E-state index contributed by atoms with van der Waals surface area (Å²) >= 11 is 1.55. The predicted molar refractivity (Wildman–Crippen MR) is 132 cm³/mol. The molecule has 0 radical (unpaired) electrons. The topological polar surface area (TPSA) is 4.93 Å². The first kappa shape index (κ1) is 27.0. The third-order valence-electron chi connectivity index (χ3n) is 5.00. The third-order valence-corrected chi connectivity index (χ3v) is 5.00. The second-order valence-corrected chi connectivity index (χ2v) is 10.1. The van der Waals surface area contributed by atoms with Crippen LogP contribution in [0, 0.1) is 0 Å². The number of fused-ring (bicyclic) bond motifs is 5. The molecule has 33 heavy (non-hydrogen) atoms. The molecular formula is C29H25Cl2NZr-2. The number of para-hydroxylation sites is 2. The average molecular weight is 550 g/mol. The van der Waals surface area contributed by atoms with Gasteiger partial charge in [-0.1, -0.05) is 70.8 Å². The first-order chi connectivity index (χ1) is 15.2. The number of rotatable bonds is 1. The third kappa shape index (κ3) is 6.21. The molecule has 0 aliphatic heterocycles. The van der Waals surface area contributed by atoms with Crippen LogP contribution in [0.15, 0.2) is 115 Å². The quantitative estimate of drug-likeness (QED) is 0.276. The maximum Gasteiger partial charge on any atom is 0.0378 e. The zero-order valence-electron chi connectivity index (χ0n) is 18.7. The van der Waals surface area contributed by atoms with Gasteiger partial charge in [-0.15, -0.1) is 17.5 Å². The number of hydrogen-bond donors (Lipinski definition) is 0. The summed E-state index contributed by atoms with van der Waals surface area (Å²) in [4.78, 5) is 0. The molecule has 1 nitrogen and oxygen atoms in total. The van der Waals surface area contributed by atoms with Crippen LogP contribution >= 0.6 is 0 Å². The number of benzene rings is 3. The van der Waals surface area contributed by atoms with Gasteiger partial charge in [-0.05, 0) is 23.7 Å². The summed E-state index contributed by atoms with van der Waals surface area (Å²) in [5.74, 6) is 0. The van der Waals surface area contributed by atoms with E-state index in [1.54, 1.807) is 24.2 Å². The van der Waals surface area contributed by atoms with Crippen LogP contribution in [0.1, 0.15) is 13.8 Å². The van der Waals surface area contributed by atoms with E-state index in [0.29, 0.717) is 0 Å². The van der Waals surface area contributed by atoms with Crippen molar-refractivity contribution in [2.75, 3.05) is 0 Å². The van der Waals surface area contributed by atoms with Crippen molar-refractivity contribution in [3.05, 3.63) is 115 Å². The molecule has 0 unspecified atom stereocenters. The molecule has 5 aromatic carbocycles. The van der Waals surface area contributed by atoms with E-state index in [9.17, 15) is 0 Å². The molecule has 0 aliphatic rings. The largest absolute Gasteiger partial charge is 1.00 e. The zero-order valence-corrected chi connectivity index (χ0v) is 22.6. The van der Waals surface area contributed by atoms with Crippen LogP contribution in [-0.4, -0.2) is 7.77 Å². The fraction of sp³-hybridized carbons (Fsp3) is 0.0690. The molecule has 0 atom stereocenters. The normalized spacial score (nSPS) is 9.82. The summed E-state index contributed by atoms with van der Waals surface area (Å²) < 4.78 is 3.89. The SMILES string of the molecule is C[C](C)=[Zr+2].[Cl-].[Cl-].c1cc[cH-]c1.c1ccc(-n2c3ccccc3c3[cH-]c4ccccc4c32)cc1. The fourth-order valence-electron chi connectivity index (χ4n) is 3.84. The van der Waals surface area contributed by atoms with Gasteiger partial charge in [0.05, 0.1) is 0 Å². The number of aromatic nitrogens is 1. The molecule has 0 bridgehead atoms. The zero-order chi connectivity index (χ0) is 21.6. The maximum atomic E-state index is 2.38. The van der Waals surface area contributed by atoms with Crippen LogP contribution < -0.4 is 24.8 Å². The van der Waals surface area contributed by atoms with E-state index >= 15 is 0 Å². The van der Waals surface area contributed by atoms with Crippen LogP contribution in [0.5, 0.6) is 0 Å². The molecule has 166 valence electrons. The Morgan fingerprint density at radius 1 is 0.697 bits per heavy atom. The van der Waals surface area contributed by atoms with Gasteiger partial charge in [-0.25, -0.2) is 12.1 Å². The van der Waals surface area contributed by atoms with Crippen LogP contribution in [0.3, 0.4) is 0 Å². The van der Waals surface area contributed by atoms with Crippen molar-refractivity contribution in [1.82, 2.24) is 4.57 Å². The minimum atomic E-state index is 0. The van der Waals surface area contributed by atoms with Crippen LogP contribution in [0.25, 0.3) is 38.3 Å². The molecule has 0 saturated heterocycles. The standard InChI is InChI=1S/C21H14N.C5H5.C3H6.2ClH.Zr/c1-2-9-16(10-3-1)22-20-13-7-6-12-18(20)19-14-15-8-4-5-11-17(15)21(19)22;1-2-4-5-3-1;1-3-2;;;/h1-14H;1-5H;1-2H3;2*1H;/q2*-1;;;;+2/p-2. The molecule has 0 aliphatic carbocycles. The fourth-order valence-corrected chi connectivity index (χ4v) is 3.84. The molecule has 0 amide bonds. The Bertz CT molecular complexity index is 1380. The Morgan fingerprint density at radius 2 is 1.24 bits per heavy atom. The summed E-state index contributed by atoms with van der Waals surface area (Å²) in [5.41, 5.74) is 3.79. The van der Waals surface area contributed by atoms with Gasteiger partial charge in [-0.2, -0.15) is 18.2 Å². The summed E-state index contributed by atoms with van der Waals surface area (Å²) in [6, 6.07) is 40.2. The summed E-state index contributed by atoms with van der Waals surface area (Å²) in [7, 11) is 0. The van der Waals surface area contributed by atoms with Crippen molar-refractivity contribution in [2.45, 2.75) is 13.8 Å². The molecule has 0 saturated carbocycles. The van der Waals surface area contributed by atoms with E-state index in [-0.39, 0.29) is 24.8 Å². The van der Waals surface area contributed by atoms with Gasteiger partial charge in [0.15, 0.2) is 0 Å². The summed E-state index contributed by atoms with van der Waals surface area (Å²) in [5, 5.41) is 5.28. The Labute approximate surface area is 222 Å². The molecule has 0 fully saturated rings. The van der Waals surface area contributed by atoms with Gasteiger partial charge in [0.2, 0.25) is 0 Å². The van der Waals surface area contributed by atoms with Crippen molar-refractivity contribution >= 4 is 35.8 Å². The minimum absolute atomic E-state index is 0. The van der Waals surface area contributed by atoms with Crippen molar-refractivity contribution < 1.29 is 49.0 Å². The minimum Gasteiger partial charge on any atom is -1.00 e. The average Bonchev–Trinajstić information content (AvgIpc) is 3.52. The van der Waals surface area contributed by atoms with E-state index in [1.807, 2.05) is 30.3 Å². The monoisotopic (exact) mass is 547 g/mol. The van der Waals surface area contributed by atoms with Crippen molar-refractivity contribution in [2.24, 2.45) is 0 Å². The van der Waals surface area contributed by atoms with Crippen LogP contribution in [0.2, 0.25) is 0 Å². The number of hydrogen-bond acceptors (Lipinski definition) is 0. The van der Waals surface area contributed by atoms with E-state index < -0.39 is 0 Å². The first-order valence-electron chi connectivity index (χ1n) is 10.5. The maximum absolute atomic E-state index is 2.38. The van der Waals surface area contributed by atoms with Crippen molar-refractivity contribution in [3.8, 4) is 5.69 Å². The van der Waals surface area contributed by atoms with Gasteiger partial charge >= 0.3 is 41.3 Å². The van der Waals surface area contributed by atoms with Gasteiger partial charge < -0.3 is 29.4 Å². The summed E-state index contributed by atoms with van der Waals surface area (Å²) in [6.07, 6.45) is 0. The predicted octanol–water partition coefficient (Wildman–Crippen LogP) is 1.81. The van der Waals surface area contributed by atoms with Gasteiger partial charge in [0.25, 0.3) is 0 Å². The Morgan fingerprint density at radius 3 is 1.85 bits per heavy atom. The van der Waals surface area contributed by atoms with E-state index in [1.165, 1.54) is 41.5 Å². The van der Waals surface area contributed by atoms with Gasteiger partial charge in [-0.3, -0.25) is 0 Å². The Balaban J connectivity index is 0.000000300. The van der Waals surface area contributed by atoms with Crippen LogP contribution in [-0.2, 0) is 24.2 Å². The molecule has 4 heteroatoms. The first-order valence-corrected chi connectivity index (χ1v) is 11.7. The molecule has 0 spiro atoms.